The van der Waals surface area contributed by atoms with Gasteiger partial charge in [-0.2, -0.15) is 0 Å². The smallest absolute Gasteiger partial charge is 0.316 e. The second kappa shape index (κ2) is 9.42. The van der Waals surface area contributed by atoms with E-state index in [1.54, 1.807) is 36.4 Å². The van der Waals surface area contributed by atoms with Gasteiger partial charge in [-0.25, -0.2) is 9.18 Å². The monoisotopic (exact) mass is 439 g/mol. The molecule has 2 aromatic rings. The lowest BCUT2D eigenvalue weighted by atomic mass is 9.97. The number of hydrogen-bond donors (Lipinski definition) is 3. The maximum atomic E-state index is 13.6. The molecule has 0 spiro atoms. The number of benzene rings is 2. The van der Waals surface area contributed by atoms with Crippen LogP contribution >= 0.6 is 0 Å². The standard InChI is InChI=1S/C23H22FN3O5/c1-13-12-27(2)22(31)20(21(13)30)26-23(32)25-18(11-19(28)29)16-7-3-5-14(9-16)15-6-4-8-17(24)10-15/h3-10,12,18,20H,11H2,1-2H3,(H,28,29)(H2,25,26,32). The van der Waals surface area contributed by atoms with E-state index in [0.717, 1.165) is 0 Å². The summed E-state index contributed by atoms with van der Waals surface area (Å²) in [6.45, 7) is 1.53. The highest BCUT2D eigenvalue weighted by molar-refractivity contribution is 6.16. The van der Waals surface area contributed by atoms with Gasteiger partial charge in [0, 0.05) is 18.8 Å². The summed E-state index contributed by atoms with van der Waals surface area (Å²) in [6.07, 6.45) is 0.942. The largest absolute Gasteiger partial charge is 0.481 e. The van der Waals surface area contributed by atoms with Crippen molar-refractivity contribution in [2.45, 2.75) is 25.4 Å². The zero-order valence-electron chi connectivity index (χ0n) is 17.5. The second-order valence-electron chi connectivity index (χ2n) is 7.46. The minimum Gasteiger partial charge on any atom is -0.481 e. The van der Waals surface area contributed by atoms with Gasteiger partial charge in [0.25, 0.3) is 5.91 Å². The average molecular weight is 439 g/mol. The highest BCUT2D eigenvalue weighted by Gasteiger charge is 2.35. The Morgan fingerprint density at radius 3 is 2.44 bits per heavy atom. The fraction of sp³-hybridized carbons (Fsp3) is 0.217. The quantitative estimate of drug-likeness (QED) is 0.599. The Labute approximate surface area is 183 Å². The number of amides is 3. The number of carboxylic acid groups (broad SMARTS) is 1. The van der Waals surface area contributed by atoms with Gasteiger partial charge >= 0.3 is 12.0 Å². The van der Waals surface area contributed by atoms with Crippen LogP contribution < -0.4 is 10.6 Å². The van der Waals surface area contributed by atoms with E-state index < -0.39 is 48.0 Å². The van der Waals surface area contributed by atoms with Crippen molar-refractivity contribution >= 4 is 23.7 Å². The molecule has 9 heteroatoms. The SMILES string of the molecule is CC1=CN(C)C(=O)C(NC(=O)NC(CC(=O)O)c2cccc(-c3cccc(F)c3)c2)C1=O. The van der Waals surface area contributed by atoms with Crippen molar-refractivity contribution in [3.05, 3.63) is 71.7 Å². The molecule has 0 saturated heterocycles. The molecule has 2 unspecified atom stereocenters. The van der Waals surface area contributed by atoms with Crippen molar-refractivity contribution < 1.29 is 28.7 Å². The van der Waals surface area contributed by atoms with E-state index in [1.807, 2.05) is 0 Å². The Morgan fingerprint density at radius 1 is 1.12 bits per heavy atom. The molecule has 0 fully saturated rings. The van der Waals surface area contributed by atoms with Crippen LogP contribution in [0, 0.1) is 5.82 Å². The van der Waals surface area contributed by atoms with Gasteiger partial charge in [-0.05, 0) is 41.8 Å². The first kappa shape index (κ1) is 22.7. The van der Waals surface area contributed by atoms with Gasteiger partial charge in [0.1, 0.15) is 5.82 Å². The maximum absolute atomic E-state index is 13.6. The molecule has 1 aliphatic rings. The van der Waals surface area contributed by atoms with E-state index in [0.29, 0.717) is 22.3 Å². The average Bonchev–Trinajstić information content (AvgIpc) is 2.75. The molecular formula is C23H22FN3O5. The molecule has 2 aromatic carbocycles. The number of nitrogens with one attached hydrogen (secondary N) is 2. The number of carbonyl (C=O) groups is 4. The zero-order chi connectivity index (χ0) is 23.4. The number of Topliss-reactive ketones (excluding diaryl/α,β-unsaturated/α-hetero) is 1. The molecule has 0 bridgehead atoms. The number of nitrogens with zero attached hydrogens (tertiary/aromatic N) is 1. The Morgan fingerprint density at radius 2 is 1.78 bits per heavy atom. The zero-order valence-corrected chi connectivity index (χ0v) is 17.5. The highest BCUT2D eigenvalue weighted by Crippen LogP contribution is 2.25. The van der Waals surface area contributed by atoms with Crippen LogP contribution in [0.15, 0.2) is 60.3 Å². The van der Waals surface area contributed by atoms with Crippen LogP contribution in [0.1, 0.15) is 24.9 Å². The number of aliphatic carboxylic acids is 1. The molecular weight excluding hydrogens is 417 g/mol. The second-order valence-corrected chi connectivity index (χ2v) is 7.46. The van der Waals surface area contributed by atoms with Crippen molar-refractivity contribution in [3.8, 4) is 11.1 Å². The summed E-state index contributed by atoms with van der Waals surface area (Å²) >= 11 is 0. The molecule has 1 heterocycles. The summed E-state index contributed by atoms with van der Waals surface area (Å²) in [5.74, 6) is -2.71. The van der Waals surface area contributed by atoms with Gasteiger partial charge in [0.2, 0.25) is 0 Å². The van der Waals surface area contributed by atoms with E-state index in [1.165, 1.54) is 37.2 Å². The third-order valence-electron chi connectivity index (χ3n) is 5.04. The van der Waals surface area contributed by atoms with Crippen LogP contribution in [0.3, 0.4) is 0 Å². The lowest BCUT2D eigenvalue weighted by Crippen LogP contribution is -2.56. The Kier molecular flexibility index (Phi) is 6.67. The lowest BCUT2D eigenvalue weighted by Gasteiger charge is -2.27. The van der Waals surface area contributed by atoms with Crippen molar-refractivity contribution in [2.24, 2.45) is 0 Å². The number of ketones is 1. The van der Waals surface area contributed by atoms with Crippen LogP contribution in [0.25, 0.3) is 11.1 Å². The summed E-state index contributed by atoms with van der Waals surface area (Å²) in [5.41, 5.74) is 2.01. The van der Waals surface area contributed by atoms with Gasteiger partial charge in [-0.15, -0.1) is 0 Å². The summed E-state index contributed by atoms with van der Waals surface area (Å²) in [4.78, 5) is 49.8. The molecule has 3 N–H and O–H groups in total. The van der Waals surface area contributed by atoms with Gasteiger partial charge < -0.3 is 20.6 Å². The normalized spacial score (nSPS) is 16.9. The molecule has 8 nitrogen and oxygen atoms in total. The fourth-order valence-corrected chi connectivity index (χ4v) is 3.45. The van der Waals surface area contributed by atoms with E-state index in [2.05, 4.69) is 10.6 Å². The number of carboxylic acids is 1. The van der Waals surface area contributed by atoms with Gasteiger partial charge in [-0.1, -0.05) is 30.3 Å². The molecule has 3 amide bonds. The fourth-order valence-electron chi connectivity index (χ4n) is 3.45. The van der Waals surface area contributed by atoms with E-state index in [4.69, 9.17) is 0 Å². The molecule has 166 valence electrons. The van der Waals surface area contributed by atoms with E-state index >= 15 is 0 Å². The van der Waals surface area contributed by atoms with Crippen LogP contribution in [0.4, 0.5) is 9.18 Å². The first-order chi connectivity index (χ1) is 15.2. The number of halogens is 1. The van der Waals surface area contributed by atoms with Crippen molar-refractivity contribution in [1.29, 1.82) is 0 Å². The van der Waals surface area contributed by atoms with Crippen LogP contribution in [0.5, 0.6) is 0 Å². The summed E-state index contributed by atoms with van der Waals surface area (Å²) in [6, 6.07) is 9.41. The van der Waals surface area contributed by atoms with Crippen LogP contribution in [-0.2, 0) is 14.4 Å². The third-order valence-corrected chi connectivity index (χ3v) is 5.04. The Bertz CT molecular complexity index is 1110. The Balaban J connectivity index is 1.82. The van der Waals surface area contributed by atoms with Gasteiger partial charge in [0.15, 0.2) is 11.8 Å². The predicted molar refractivity (Wildman–Crippen MR) is 114 cm³/mol. The van der Waals surface area contributed by atoms with Crippen molar-refractivity contribution in [1.82, 2.24) is 15.5 Å². The molecule has 3 rings (SSSR count). The van der Waals surface area contributed by atoms with E-state index in [-0.39, 0.29) is 0 Å². The maximum Gasteiger partial charge on any atom is 0.316 e. The molecule has 2 atom stereocenters. The topological polar surface area (TPSA) is 116 Å². The van der Waals surface area contributed by atoms with Crippen LogP contribution in [0.2, 0.25) is 0 Å². The summed E-state index contributed by atoms with van der Waals surface area (Å²) < 4.78 is 13.6. The summed E-state index contributed by atoms with van der Waals surface area (Å²) in [5, 5.41) is 14.2. The highest BCUT2D eigenvalue weighted by atomic mass is 19.1. The number of carbonyl (C=O) groups excluding carboxylic acids is 3. The first-order valence-electron chi connectivity index (χ1n) is 9.79. The Hall–Kier alpha value is -4.01. The van der Waals surface area contributed by atoms with Gasteiger partial charge in [-0.3, -0.25) is 14.4 Å². The summed E-state index contributed by atoms with van der Waals surface area (Å²) in [7, 11) is 1.47. The molecule has 0 aromatic heterocycles. The van der Waals surface area contributed by atoms with Gasteiger partial charge in [0.05, 0.1) is 12.5 Å². The third kappa shape index (κ3) is 5.18. The number of likely N-dealkylation sites (N-methyl/N-ethyl adjacent to an activating group) is 1. The minimum absolute atomic E-state index is 0.308. The van der Waals surface area contributed by atoms with E-state index in [9.17, 15) is 28.7 Å². The molecule has 1 aliphatic heterocycles. The minimum atomic E-state index is -1.39. The predicted octanol–water partition coefficient (Wildman–Crippen LogP) is 2.62. The number of hydrogen-bond acceptors (Lipinski definition) is 4. The first-order valence-corrected chi connectivity index (χ1v) is 9.79. The molecule has 0 radical (unpaired) electrons. The van der Waals surface area contributed by atoms with Crippen LogP contribution in [-0.4, -0.2) is 46.8 Å². The molecule has 32 heavy (non-hydrogen) atoms. The lowest BCUT2D eigenvalue weighted by molar-refractivity contribution is -0.138. The van der Waals surface area contributed by atoms with Crippen molar-refractivity contribution in [2.75, 3.05) is 7.05 Å². The molecule has 0 saturated carbocycles. The van der Waals surface area contributed by atoms with Crippen molar-refractivity contribution in [3.63, 3.8) is 0 Å². The number of rotatable bonds is 6. The number of urea groups is 1. The molecule has 0 aliphatic carbocycles.